The first-order valence-electron chi connectivity index (χ1n) is 9.21. The molecule has 138 valence electrons. The minimum absolute atomic E-state index is 0.0734. The van der Waals surface area contributed by atoms with E-state index in [4.69, 9.17) is 9.15 Å². The Kier molecular flexibility index (Phi) is 4.85. The molecule has 3 heterocycles. The summed E-state index contributed by atoms with van der Waals surface area (Å²) >= 11 is 0. The number of ether oxygens (including phenoxy) is 1. The third-order valence-corrected chi connectivity index (χ3v) is 5.29. The lowest BCUT2D eigenvalue weighted by Gasteiger charge is -2.45. The molecule has 1 atom stereocenters. The molecule has 1 aromatic rings. The van der Waals surface area contributed by atoms with Crippen molar-refractivity contribution in [1.82, 2.24) is 9.80 Å². The Hall–Kier alpha value is -1.91. The fraction of sp³-hybridized carbons (Fsp3) is 0.650. The summed E-state index contributed by atoms with van der Waals surface area (Å²) in [5.41, 5.74) is 0.881. The Morgan fingerprint density at radius 3 is 2.64 bits per heavy atom. The zero-order valence-electron chi connectivity index (χ0n) is 16.0. The predicted molar refractivity (Wildman–Crippen MR) is 97.1 cm³/mol. The first-order chi connectivity index (χ1) is 11.8. The van der Waals surface area contributed by atoms with E-state index in [1.54, 1.807) is 12.3 Å². The van der Waals surface area contributed by atoms with Gasteiger partial charge in [-0.05, 0) is 31.4 Å². The molecule has 0 radical (unpaired) electrons. The molecule has 5 nitrogen and oxygen atoms in total. The van der Waals surface area contributed by atoms with Crippen molar-refractivity contribution in [1.29, 1.82) is 0 Å². The maximum atomic E-state index is 13.0. The van der Waals surface area contributed by atoms with E-state index in [0.29, 0.717) is 23.8 Å². The first-order valence-corrected chi connectivity index (χ1v) is 9.21. The van der Waals surface area contributed by atoms with Crippen molar-refractivity contribution in [2.45, 2.75) is 47.1 Å². The average molecular weight is 346 g/mol. The number of allylic oxidation sites excluding steroid dienone is 1. The van der Waals surface area contributed by atoms with Crippen LogP contribution < -0.4 is 0 Å². The smallest absolute Gasteiger partial charge is 0.257 e. The summed E-state index contributed by atoms with van der Waals surface area (Å²) in [5.74, 6) is 2.12. The number of amides is 1. The lowest BCUT2D eigenvalue weighted by atomic mass is 9.89. The van der Waals surface area contributed by atoms with E-state index in [9.17, 15) is 4.79 Å². The molecule has 0 spiro atoms. The van der Waals surface area contributed by atoms with Crippen LogP contribution in [0.5, 0.6) is 0 Å². The van der Waals surface area contributed by atoms with E-state index in [1.165, 1.54) is 0 Å². The van der Waals surface area contributed by atoms with Crippen molar-refractivity contribution in [3.05, 3.63) is 35.6 Å². The molecule has 1 aromatic heterocycles. The first kappa shape index (κ1) is 17.9. The number of piperazine rings is 1. The Morgan fingerprint density at radius 2 is 2.08 bits per heavy atom. The van der Waals surface area contributed by atoms with Gasteiger partial charge in [-0.1, -0.05) is 27.7 Å². The Labute approximate surface area is 150 Å². The second-order valence-electron chi connectivity index (χ2n) is 8.35. The highest BCUT2D eigenvalue weighted by Crippen LogP contribution is 2.31. The van der Waals surface area contributed by atoms with E-state index in [0.717, 1.165) is 32.0 Å². The highest BCUT2D eigenvalue weighted by molar-refractivity contribution is 5.95. The summed E-state index contributed by atoms with van der Waals surface area (Å²) in [6, 6.07) is 1.94. The molecule has 2 aliphatic rings. The zero-order valence-corrected chi connectivity index (χ0v) is 16.0. The second kappa shape index (κ2) is 6.77. The molecule has 1 unspecified atom stereocenters. The molecule has 0 aliphatic carbocycles. The zero-order chi connectivity index (χ0) is 18.2. The third-order valence-electron chi connectivity index (χ3n) is 5.29. The summed E-state index contributed by atoms with van der Waals surface area (Å²) in [4.78, 5) is 17.3. The highest BCUT2D eigenvalue weighted by Gasteiger charge is 2.36. The van der Waals surface area contributed by atoms with Crippen molar-refractivity contribution >= 4 is 5.91 Å². The molecule has 1 fully saturated rings. The van der Waals surface area contributed by atoms with Crippen LogP contribution in [0.4, 0.5) is 0 Å². The van der Waals surface area contributed by atoms with Gasteiger partial charge in [0.25, 0.3) is 5.91 Å². The van der Waals surface area contributed by atoms with Crippen molar-refractivity contribution in [2.24, 2.45) is 11.3 Å². The average Bonchev–Trinajstić information content (AvgIpc) is 2.99. The number of furan rings is 1. The molecule has 5 heteroatoms. The normalized spacial score (nSPS) is 23.4. The monoisotopic (exact) mass is 346 g/mol. The molecule has 1 saturated heterocycles. The summed E-state index contributed by atoms with van der Waals surface area (Å²) < 4.78 is 11.3. The van der Waals surface area contributed by atoms with Crippen molar-refractivity contribution < 1.29 is 13.9 Å². The maximum Gasteiger partial charge on any atom is 0.257 e. The maximum absolute atomic E-state index is 13.0. The Balaban J connectivity index is 1.74. The molecular formula is C20H30N2O3. The summed E-state index contributed by atoms with van der Waals surface area (Å²) in [6.07, 6.45) is 4.83. The van der Waals surface area contributed by atoms with Crippen LogP contribution in [-0.4, -0.2) is 48.0 Å². The standard InChI is InChI=1S/C20H30N2O3/c1-14(2)17-12-21(18-6-8-20(4,5)13-25-18)9-10-22(17)19(23)16-7-11-24-15(16)3/h6-7,11,14,17H,8-10,12-13H2,1-5H3. The summed E-state index contributed by atoms with van der Waals surface area (Å²) in [6.45, 7) is 13.7. The van der Waals surface area contributed by atoms with E-state index in [1.807, 2.05) is 11.8 Å². The van der Waals surface area contributed by atoms with Gasteiger partial charge < -0.3 is 19.0 Å². The molecule has 1 amide bonds. The quantitative estimate of drug-likeness (QED) is 0.838. The lowest BCUT2D eigenvalue weighted by Crippen LogP contribution is -2.57. The SMILES string of the molecule is Cc1occc1C(=O)N1CCN(C2=CCC(C)(C)CO2)CC1C(C)C. The van der Waals surface area contributed by atoms with Crippen molar-refractivity contribution in [3.63, 3.8) is 0 Å². The summed E-state index contributed by atoms with van der Waals surface area (Å²) in [5, 5.41) is 0. The van der Waals surface area contributed by atoms with Crippen molar-refractivity contribution in [3.8, 4) is 0 Å². The minimum Gasteiger partial charge on any atom is -0.479 e. The van der Waals surface area contributed by atoms with Gasteiger partial charge in [0.15, 0.2) is 5.88 Å². The minimum atomic E-state index is 0.0734. The van der Waals surface area contributed by atoms with Gasteiger partial charge in [-0.3, -0.25) is 4.79 Å². The van der Waals surface area contributed by atoms with Crippen LogP contribution in [-0.2, 0) is 4.74 Å². The number of carbonyl (C=O) groups excluding carboxylic acids is 1. The Bertz CT molecular complexity index is 660. The fourth-order valence-electron chi connectivity index (χ4n) is 3.57. The van der Waals surface area contributed by atoms with E-state index in [-0.39, 0.29) is 17.4 Å². The van der Waals surface area contributed by atoms with Gasteiger partial charge in [0, 0.05) is 25.0 Å². The lowest BCUT2D eigenvalue weighted by molar-refractivity contribution is -0.00147. The van der Waals surface area contributed by atoms with Crippen LogP contribution >= 0.6 is 0 Å². The number of nitrogens with zero attached hydrogens (tertiary/aromatic N) is 2. The van der Waals surface area contributed by atoms with E-state index in [2.05, 4.69) is 38.7 Å². The van der Waals surface area contributed by atoms with Gasteiger partial charge in [0.05, 0.1) is 24.5 Å². The number of rotatable bonds is 3. The predicted octanol–water partition coefficient (Wildman–Crippen LogP) is 3.66. The van der Waals surface area contributed by atoms with Gasteiger partial charge >= 0.3 is 0 Å². The van der Waals surface area contributed by atoms with Crippen LogP contribution in [0, 0.1) is 18.3 Å². The highest BCUT2D eigenvalue weighted by atomic mass is 16.5. The van der Waals surface area contributed by atoms with Gasteiger partial charge in [0.1, 0.15) is 5.76 Å². The molecule has 0 aromatic carbocycles. The molecule has 3 rings (SSSR count). The van der Waals surface area contributed by atoms with E-state index >= 15 is 0 Å². The van der Waals surface area contributed by atoms with Gasteiger partial charge in [0.2, 0.25) is 0 Å². The molecule has 0 saturated carbocycles. The van der Waals surface area contributed by atoms with Gasteiger partial charge in [-0.15, -0.1) is 0 Å². The molecule has 2 aliphatic heterocycles. The number of aryl methyl sites for hydroxylation is 1. The summed E-state index contributed by atoms with van der Waals surface area (Å²) in [7, 11) is 0. The van der Waals surface area contributed by atoms with Crippen LogP contribution in [0.1, 0.15) is 50.2 Å². The van der Waals surface area contributed by atoms with Crippen LogP contribution in [0.3, 0.4) is 0 Å². The fourth-order valence-corrected chi connectivity index (χ4v) is 3.57. The topological polar surface area (TPSA) is 45.9 Å². The van der Waals surface area contributed by atoms with Crippen LogP contribution in [0.25, 0.3) is 0 Å². The largest absolute Gasteiger partial charge is 0.479 e. The third kappa shape index (κ3) is 3.70. The number of hydrogen-bond acceptors (Lipinski definition) is 4. The molecule has 25 heavy (non-hydrogen) atoms. The number of carbonyl (C=O) groups is 1. The second-order valence-corrected chi connectivity index (χ2v) is 8.35. The van der Waals surface area contributed by atoms with Crippen molar-refractivity contribution in [2.75, 3.05) is 26.2 Å². The Morgan fingerprint density at radius 1 is 1.32 bits per heavy atom. The van der Waals surface area contributed by atoms with Crippen LogP contribution in [0.15, 0.2) is 28.7 Å². The van der Waals surface area contributed by atoms with Crippen LogP contribution in [0.2, 0.25) is 0 Å². The number of hydrogen-bond donors (Lipinski definition) is 0. The van der Waals surface area contributed by atoms with Gasteiger partial charge in [-0.25, -0.2) is 0 Å². The van der Waals surface area contributed by atoms with E-state index < -0.39 is 0 Å². The molecular weight excluding hydrogens is 316 g/mol. The molecule has 0 bridgehead atoms. The van der Waals surface area contributed by atoms with Gasteiger partial charge in [-0.2, -0.15) is 0 Å². The molecule has 0 N–H and O–H groups in total.